The average Bonchev–Trinajstić information content (AvgIpc) is 2.35. The first-order valence-electron chi connectivity index (χ1n) is 6.50. The van der Waals surface area contributed by atoms with Crippen LogP contribution < -0.4 is 10.1 Å². The highest BCUT2D eigenvalue weighted by molar-refractivity contribution is 8.00. The lowest BCUT2D eigenvalue weighted by Crippen LogP contribution is -2.32. The van der Waals surface area contributed by atoms with E-state index in [4.69, 9.17) is 4.74 Å². The van der Waals surface area contributed by atoms with Crippen LogP contribution in [0.15, 0.2) is 24.3 Å². The molecule has 1 unspecified atom stereocenters. The van der Waals surface area contributed by atoms with Gasteiger partial charge in [-0.05, 0) is 25.5 Å². The van der Waals surface area contributed by atoms with Crippen LogP contribution in [0.2, 0.25) is 0 Å². The molecule has 1 aromatic rings. The third kappa shape index (κ3) is 2.61. The number of benzene rings is 1. The van der Waals surface area contributed by atoms with Crippen LogP contribution in [0.1, 0.15) is 30.9 Å². The molecule has 3 heteroatoms. The molecule has 2 aliphatic rings. The standard InChI is InChI=1S/C14H19NOS/c1-2-7-14(16-11-9-17-10-11)12(5-1)13-6-3-4-8-15-13/h1-2,5,7,11,13,15H,3-4,6,8-10H2. The molecule has 2 aliphatic heterocycles. The molecule has 1 atom stereocenters. The Labute approximate surface area is 107 Å². The first kappa shape index (κ1) is 11.4. The Morgan fingerprint density at radius 1 is 1.18 bits per heavy atom. The van der Waals surface area contributed by atoms with Gasteiger partial charge in [0.1, 0.15) is 11.9 Å². The van der Waals surface area contributed by atoms with Gasteiger partial charge in [-0.15, -0.1) is 0 Å². The smallest absolute Gasteiger partial charge is 0.124 e. The van der Waals surface area contributed by atoms with Crippen molar-refractivity contribution in [3.63, 3.8) is 0 Å². The predicted octanol–water partition coefficient (Wildman–Crippen LogP) is 3.00. The summed E-state index contributed by atoms with van der Waals surface area (Å²) in [7, 11) is 0. The molecule has 0 saturated carbocycles. The minimum Gasteiger partial charge on any atom is -0.488 e. The molecule has 2 fully saturated rings. The van der Waals surface area contributed by atoms with E-state index in [2.05, 4.69) is 29.6 Å². The Morgan fingerprint density at radius 2 is 2.06 bits per heavy atom. The maximum absolute atomic E-state index is 6.07. The highest BCUT2D eigenvalue weighted by atomic mass is 32.2. The Bertz CT molecular complexity index is 372. The predicted molar refractivity (Wildman–Crippen MR) is 72.8 cm³/mol. The number of ether oxygens (including phenoxy) is 1. The van der Waals surface area contributed by atoms with E-state index >= 15 is 0 Å². The number of hydrogen-bond donors (Lipinski definition) is 1. The lowest BCUT2D eigenvalue weighted by Gasteiger charge is -2.30. The van der Waals surface area contributed by atoms with Gasteiger partial charge in [-0.25, -0.2) is 0 Å². The molecule has 0 aromatic heterocycles. The molecular weight excluding hydrogens is 230 g/mol. The third-order valence-electron chi connectivity index (χ3n) is 3.51. The van der Waals surface area contributed by atoms with E-state index in [9.17, 15) is 0 Å². The highest BCUT2D eigenvalue weighted by Gasteiger charge is 2.23. The second-order valence-electron chi connectivity index (χ2n) is 4.82. The van der Waals surface area contributed by atoms with Gasteiger partial charge in [-0.3, -0.25) is 0 Å². The molecule has 2 nitrogen and oxygen atoms in total. The van der Waals surface area contributed by atoms with Crippen molar-refractivity contribution in [1.29, 1.82) is 0 Å². The van der Waals surface area contributed by atoms with E-state index in [1.54, 1.807) is 0 Å². The van der Waals surface area contributed by atoms with Crippen LogP contribution in [0, 0.1) is 0 Å². The van der Waals surface area contributed by atoms with Crippen LogP contribution in [-0.4, -0.2) is 24.2 Å². The van der Waals surface area contributed by atoms with Gasteiger partial charge in [0.15, 0.2) is 0 Å². The largest absolute Gasteiger partial charge is 0.488 e. The number of thioether (sulfide) groups is 1. The highest BCUT2D eigenvalue weighted by Crippen LogP contribution is 2.33. The van der Waals surface area contributed by atoms with Gasteiger partial charge in [-0.2, -0.15) is 11.8 Å². The molecule has 17 heavy (non-hydrogen) atoms. The zero-order chi connectivity index (χ0) is 11.5. The first-order valence-corrected chi connectivity index (χ1v) is 7.65. The van der Waals surface area contributed by atoms with E-state index < -0.39 is 0 Å². The van der Waals surface area contributed by atoms with Crippen LogP contribution in [0.4, 0.5) is 0 Å². The molecule has 0 amide bonds. The van der Waals surface area contributed by atoms with Crippen molar-refractivity contribution in [3.05, 3.63) is 29.8 Å². The molecule has 0 spiro atoms. The summed E-state index contributed by atoms with van der Waals surface area (Å²) in [6, 6.07) is 9.02. The number of hydrogen-bond acceptors (Lipinski definition) is 3. The van der Waals surface area contributed by atoms with Crippen LogP contribution in [0.25, 0.3) is 0 Å². The van der Waals surface area contributed by atoms with Crippen LogP contribution in [0.3, 0.4) is 0 Å². The van der Waals surface area contributed by atoms with Gasteiger partial charge in [0.2, 0.25) is 0 Å². The monoisotopic (exact) mass is 249 g/mol. The van der Waals surface area contributed by atoms with E-state index in [1.165, 1.54) is 24.8 Å². The summed E-state index contributed by atoms with van der Waals surface area (Å²) in [5.74, 6) is 3.39. The van der Waals surface area contributed by atoms with Crippen molar-refractivity contribution < 1.29 is 4.74 Å². The van der Waals surface area contributed by atoms with Crippen LogP contribution >= 0.6 is 11.8 Å². The Morgan fingerprint density at radius 3 is 2.76 bits per heavy atom. The molecule has 2 heterocycles. The molecule has 0 radical (unpaired) electrons. The van der Waals surface area contributed by atoms with Crippen molar-refractivity contribution in [1.82, 2.24) is 5.32 Å². The maximum atomic E-state index is 6.07. The minimum atomic E-state index is 0.435. The van der Waals surface area contributed by atoms with Crippen molar-refractivity contribution in [2.75, 3.05) is 18.1 Å². The summed E-state index contributed by atoms with van der Waals surface area (Å²) in [5, 5.41) is 3.60. The third-order valence-corrected chi connectivity index (χ3v) is 4.72. The SMILES string of the molecule is c1ccc(C2CCCCN2)c(OC2CSC2)c1. The van der Waals surface area contributed by atoms with Crippen LogP contribution in [0.5, 0.6) is 5.75 Å². The lowest BCUT2D eigenvalue weighted by molar-refractivity contribution is 0.234. The molecule has 1 aromatic carbocycles. The van der Waals surface area contributed by atoms with E-state index in [0.29, 0.717) is 12.1 Å². The molecule has 92 valence electrons. The zero-order valence-electron chi connectivity index (χ0n) is 10.0. The van der Waals surface area contributed by atoms with E-state index in [0.717, 1.165) is 23.8 Å². The molecule has 0 aliphatic carbocycles. The van der Waals surface area contributed by atoms with Gasteiger partial charge in [0.05, 0.1) is 0 Å². The summed E-state index contributed by atoms with van der Waals surface area (Å²) in [4.78, 5) is 0. The summed E-state index contributed by atoms with van der Waals surface area (Å²) < 4.78 is 6.07. The van der Waals surface area contributed by atoms with Crippen molar-refractivity contribution in [3.8, 4) is 5.75 Å². The second kappa shape index (κ2) is 5.32. The molecule has 2 saturated heterocycles. The van der Waals surface area contributed by atoms with E-state index in [1.807, 2.05) is 11.8 Å². The maximum Gasteiger partial charge on any atom is 0.124 e. The van der Waals surface area contributed by atoms with Gasteiger partial charge >= 0.3 is 0 Å². The Kier molecular flexibility index (Phi) is 3.57. The summed E-state index contributed by atoms with van der Waals surface area (Å²) in [6.45, 7) is 1.14. The molecule has 0 bridgehead atoms. The number of para-hydroxylation sites is 1. The van der Waals surface area contributed by atoms with Gasteiger partial charge < -0.3 is 10.1 Å². The van der Waals surface area contributed by atoms with Crippen molar-refractivity contribution in [2.45, 2.75) is 31.4 Å². The van der Waals surface area contributed by atoms with Crippen molar-refractivity contribution >= 4 is 11.8 Å². The Balaban J connectivity index is 1.76. The van der Waals surface area contributed by atoms with E-state index in [-0.39, 0.29) is 0 Å². The van der Waals surface area contributed by atoms with Gasteiger partial charge in [0, 0.05) is 23.1 Å². The molecule has 1 N–H and O–H groups in total. The number of rotatable bonds is 3. The summed E-state index contributed by atoms with van der Waals surface area (Å²) in [5.41, 5.74) is 1.35. The summed E-state index contributed by atoms with van der Waals surface area (Å²) in [6.07, 6.45) is 4.30. The normalized spacial score (nSPS) is 25.3. The Hall–Kier alpha value is -0.670. The minimum absolute atomic E-state index is 0.435. The van der Waals surface area contributed by atoms with Crippen molar-refractivity contribution in [2.24, 2.45) is 0 Å². The molecular formula is C14H19NOS. The first-order chi connectivity index (χ1) is 8.43. The summed E-state index contributed by atoms with van der Waals surface area (Å²) >= 11 is 1.97. The topological polar surface area (TPSA) is 21.3 Å². The number of nitrogens with one attached hydrogen (secondary N) is 1. The second-order valence-corrected chi connectivity index (χ2v) is 5.89. The molecule has 3 rings (SSSR count). The zero-order valence-corrected chi connectivity index (χ0v) is 10.8. The lowest BCUT2D eigenvalue weighted by atomic mass is 9.97. The number of piperidine rings is 1. The fourth-order valence-electron chi connectivity index (χ4n) is 2.45. The fraction of sp³-hybridized carbons (Fsp3) is 0.571. The quantitative estimate of drug-likeness (QED) is 0.890. The van der Waals surface area contributed by atoms with Gasteiger partial charge in [0.25, 0.3) is 0 Å². The van der Waals surface area contributed by atoms with Gasteiger partial charge in [-0.1, -0.05) is 24.6 Å². The fourth-order valence-corrected chi connectivity index (χ4v) is 3.02. The van der Waals surface area contributed by atoms with Crippen LogP contribution in [-0.2, 0) is 0 Å². The average molecular weight is 249 g/mol.